The Morgan fingerprint density at radius 1 is 1.10 bits per heavy atom. The minimum Gasteiger partial charge on any atom is -0.496 e. The maximum atomic E-state index is 13.6. The van der Waals surface area contributed by atoms with Crippen molar-refractivity contribution in [3.05, 3.63) is 65.2 Å². The predicted molar refractivity (Wildman–Crippen MR) is 119 cm³/mol. The normalized spacial score (nSPS) is 13.9. The number of rotatable bonds is 7. The van der Waals surface area contributed by atoms with Gasteiger partial charge in [-0.1, -0.05) is 43.3 Å². The van der Waals surface area contributed by atoms with Crippen LogP contribution in [0.5, 0.6) is 11.5 Å². The third-order valence-corrected chi connectivity index (χ3v) is 5.70. The van der Waals surface area contributed by atoms with Crippen LogP contribution in [-0.4, -0.2) is 30.2 Å². The van der Waals surface area contributed by atoms with Gasteiger partial charge in [0, 0.05) is 22.0 Å². The lowest BCUT2D eigenvalue weighted by Crippen LogP contribution is -2.23. The van der Waals surface area contributed by atoms with Crippen LogP contribution in [0.2, 0.25) is 0 Å². The Labute approximate surface area is 181 Å². The van der Waals surface area contributed by atoms with E-state index in [4.69, 9.17) is 14.6 Å². The summed E-state index contributed by atoms with van der Waals surface area (Å²) in [7, 11) is 1.62. The standard InChI is InChI=1S/C25H25NO5/c1-4-15(2)31-24-19-8-6-5-7-18(19)23(30-3)20-14-26(25(29)22(20)24)17-11-9-16(10-12-17)13-21(27)28/h5-12,15H,4,13-14H2,1-3H3,(H,27,28)/t15-/m0/s1. The van der Waals surface area contributed by atoms with E-state index < -0.39 is 5.97 Å². The van der Waals surface area contributed by atoms with Gasteiger partial charge in [-0.25, -0.2) is 0 Å². The molecule has 31 heavy (non-hydrogen) atoms. The molecule has 0 saturated carbocycles. The van der Waals surface area contributed by atoms with Gasteiger partial charge in [0.05, 0.1) is 31.7 Å². The average Bonchev–Trinajstić information content (AvgIpc) is 3.10. The number of carbonyl (C=O) groups excluding carboxylic acids is 1. The monoisotopic (exact) mass is 419 g/mol. The first-order chi connectivity index (χ1) is 14.9. The number of amides is 1. The van der Waals surface area contributed by atoms with Crippen molar-refractivity contribution in [2.24, 2.45) is 0 Å². The van der Waals surface area contributed by atoms with Crippen LogP contribution in [0.15, 0.2) is 48.5 Å². The van der Waals surface area contributed by atoms with Gasteiger partial charge in [-0.05, 0) is 31.0 Å². The number of fused-ring (bicyclic) bond motifs is 2. The molecule has 0 bridgehead atoms. The molecule has 1 heterocycles. The van der Waals surface area contributed by atoms with Crippen LogP contribution in [0.4, 0.5) is 5.69 Å². The molecule has 0 spiro atoms. The van der Waals surface area contributed by atoms with E-state index in [2.05, 4.69) is 0 Å². The lowest BCUT2D eigenvalue weighted by Gasteiger charge is -2.19. The van der Waals surface area contributed by atoms with Crippen molar-refractivity contribution >= 4 is 28.3 Å². The Hall–Kier alpha value is -3.54. The van der Waals surface area contributed by atoms with Gasteiger partial charge in [-0.2, -0.15) is 0 Å². The first-order valence-electron chi connectivity index (χ1n) is 10.3. The van der Waals surface area contributed by atoms with E-state index in [-0.39, 0.29) is 18.4 Å². The molecule has 0 aromatic heterocycles. The maximum absolute atomic E-state index is 13.6. The number of aliphatic carboxylic acids is 1. The topological polar surface area (TPSA) is 76.1 Å². The molecule has 1 amide bonds. The summed E-state index contributed by atoms with van der Waals surface area (Å²) in [6.07, 6.45) is 0.719. The summed E-state index contributed by atoms with van der Waals surface area (Å²) in [4.78, 5) is 26.2. The molecule has 6 nitrogen and oxygen atoms in total. The molecular weight excluding hydrogens is 394 g/mol. The predicted octanol–water partition coefficient (Wildman–Crippen LogP) is 4.81. The van der Waals surface area contributed by atoms with Crippen molar-refractivity contribution in [3.8, 4) is 11.5 Å². The highest BCUT2D eigenvalue weighted by Gasteiger charge is 2.37. The SMILES string of the molecule is CC[C@H](C)Oc1c2c(c(OC)c3ccccc13)CN(c1ccc(CC(=O)O)cc1)C2=O. The van der Waals surface area contributed by atoms with E-state index in [1.165, 1.54) is 0 Å². The smallest absolute Gasteiger partial charge is 0.307 e. The van der Waals surface area contributed by atoms with Crippen molar-refractivity contribution in [1.82, 2.24) is 0 Å². The summed E-state index contributed by atoms with van der Waals surface area (Å²) in [5.74, 6) is 0.236. The minimum atomic E-state index is -0.888. The average molecular weight is 419 g/mol. The molecular formula is C25H25NO5. The number of carboxylic acid groups (broad SMARTS) is 1. The minimum absolute atomic E-state index is 0.0435. The Bertz CT molecular complexity index is 1150. The first kappa shape index (κ1) is 20.7. The van der Waals surface area contributed by atoms with Crippen LogP contribution in [0.3, 0.4) is 0 Å². The summed E-state index contributed by atoms with van der Waals surface area (Å²) in [5, 5.41) is 10.8. The third-order valence-electron chi connectivity index (χ3n) is 5.70. The summed E-state index contributed by atoms with van der Waals surface area (Å²) in [6.45, 7) is 4.39. The molecule has 6 heteroatoms. The zero-order valence-electron chi connectivity index (χ0n) is 17.8. The number of ether oxygens (including phenoxy) is 2. The number of carboxylic acids is 1. The second-order valence-corrected chi connectivity index (χ2v) is 7.73. The Kier molecular flexibility index (Phi) is 5.55. The van der Waals surface area contributed by atoms with Crippen LogP contribution >= 0.6 is 0 Å². The number of hydrogen-bond donors (Lipinski definition) is 1. The van der Waals surface area contributed by atoms with Crippen LogP contribution < -0.4 is 14.4 Å². The summed E-state index contributed by atoms with van der Waals surface area (Å²) >= 11 is 0. The molecule has 3 aromatic rings. The molecule has 0 saturated heterocycles. The third kappa shape index (κ3) is 3.69. The van der Waals surface area contributed by atoms with Gasteiger partial charge >= 0.3 is 5.97 Å². The lowest BCUT2D eigenvalue weighted by molar-refractivity contribution is -0.136. The zero-order chi connectivity index (χ0) is 22.1. The number of methoxy groups -OCH3 is 1. The molecule has 0 fully saturated rings. The van der Waals surface area contributed by atoms with Gasteiger partial charge in [-0.3, -0.25) is 9.59 Å². The van der Waals surface area contributed by atoms with E-state index in [0.29, 0.717) is 34.9 Å². The van der Waals surface area contributed by atoms with E-state index in [9.17, 15) is 9.59 Å². The largest absolute Gasteiger partial charge is 0.496 e. The van der Waals surface area contributed by atoms with Crippen molar-refractivity contribution in [3.63, 3.8) is 0 Å². The number of anilines is 1. The van der Waals surface area contributed by atoms with Gasteiger partial charge < -0.3 is 19.5 Å². The number of carbonyl (C=O) groups is 2. The Morgan fingerprint density at radius 3 is 2.32 bits per heavy atom. The quantitative estimate of drug-likeness (QED) is 0.595. The number of hydrogen-bond acceptors (Lipinski definition) is 4. The number of benzene rings is 3. The fourth-order valence-corrected chi connectivity index (χ4v) is 3.99. The zero-order valence-corrected chi connectivity index (χ0v) is 17.8. The van der Waals surface area contributed by atoms with E-state index >= 15 is 0 Å². The Morgan fingerprint density at radius 2 is 1.74 bits per heavy atom. The molecule has 1 N–H and O–H groups in total. The summed E-state index contributed by atoms with van der Waals surface area (Å²) < 4.78 is 12.0. The van der Waals surface area contributed by atoms with Gasteiger partial charge in [0.2, 0.25) is 0 Å². The molecule has 3 aromatic carbocycles. The summed E-state index contributed by atoms with van der Waals surface area (Å²) in [5.41, 5.74) is 2.73. The maximum Gasteiger partial charge on any atom is 0.307 e. The van der Waals surface area contributed by atoms with E-state index in [1.54, 1.807) is 36.3 Å². The van der Waals surface area contributed by atoms with Gasteiger partial charge in [0.25, 0.3) is 5.91 Å². The molecule has 4 rings (SSSR count). The Balaban J connectivity index is 1.83. The molecule has 1 aliphatic rings. The highest BCUT2D eigenvalue weighted by Crippen LogP contribution is 2.46. The highest BCUT2D eigenvalue weighted by molar-refractivity contribution is 6.16. The summed E-state index contributed by atoms with van der Waals surface area (Å²) in [6, 6.07) is 14.8. The van der Waals surface area contributed by atoms with Crippen LogP contribution in [0.1, 0.15) is 41.8 Å². The molecule has 0 unspecified atom stereocenters. The molecule has 160 valence electrons. The van der Waals surface area contributed by atoms with Crippen molar-refractivity contribution in [1.29, 1.82) is 0 Å². The first-order valence-corrected chi connectivity index (χ1v) is 10.3. The fraction of sp³-hybridized carbons (Fsp3) is 0.280. The van der Waals surface area contributed by atoms with Gasteiger partial charge in [0.15, 0.2) is 0 Å². The van der Waals surface area contributed by atoms with Gasteiger partial charge in [-0.15, -0.1) is 0 Å². The van der Waals surface area contributed by atoms with Crippen LogP contribution in [-0.2, 0) is 17.8 Å². The molecule has 0 aliphatic carbocycles. The molecule has 1 aliphatic heterocycles. The van der Waals surface area contributed by atoms with Crippen molar-refractivity contribution in [2.45, 2.75) is 39.3 Å². The second-order valence-electron chi connectivity index (χ2n) is 7.73. The van der Waals surface area contributed by atoms with E-state index in [0.717, 1.165) is 22.8 Å². The molecule has 0 radical (unpaired) electrons. The molecule has 1 atom stereocenters. The van der Waals surface area contributed by atoms with Crippen molar-refractivity contribution < 1.29 is 24.2 Å². The lowest BCUT2D eigenvalue weighted by atomic mass is 9.99. The fourth-order valence-electron chi connectivity index (χ4n) is 3.99. The van der Waals surface area contributed by atoms with Crippen molar-refractivity contribution in [2.75, 3.05) is 12.0 Å². The number of nitrogens with zero attached hydrogens (tertiary/aromatic N) is 1. The van der Waals surface area contributed by atoms with E-state index in [1.807, 2.05) is 38.1 Å². The van der Waals surface area contributed by atoms with Gasteiger partial charge in [0.1, 0.15) is 11.5 Å². The van der Waals surface area contributed by atoms with Crippen LogP contribution in [0.25, 0.3) is 10.8 Å². The highest BCUT2D eigenvalue weighted by atomic mass is 16.5. The second kappa shape index (κ2) is 8.30. The van der Waals surface area contributed by atoms with Crippen LogP contribution in [0, 0.1) is 0 Å².